The summed E-state index contributed by atoms with van der Waals surface area (Å²) in [4.78, 5) is 1.92. The monoisotopic (exact) mass is 149 g/mol. The van der Waals surface area contributed by atoms with E-state index < -0.39 is 0 Å². The van der Waals surface area contributed by atoms with Gasteiger partial charge >= 0.3 is 0 Å². The van der Waals surface area contributed by atoms with Gasteiger partial charge in [-0.2, -0.15) is 0 Å². The van der Waals surface area contributed by atoms with Gasteiger partial charge in [0.05, 0.1) is 0 Å². The maximum absolute atomic E-state index is 11.8. The van der Waals surface area contributed by atoms with Crippen LogP contribution < -0.4 is 11.5 Å². The quantitative estimate of drug-likeness (QED) is 0.518. The molecule has 0 rings (SSSR count). The number of nitrogens with zero attached hydrogens (tertiary/aromatic N) is 1. The van der Waals surface area contributed by atoms with Crippen LogP contribution >= 0.6 is 0 Å². The van der Waals surface area contributed by atoms with Crippen LogP contribution in [-0.2, 0) is 0 Å². The van der Waals surface area contributed by atoms with Crippen molar-refractivity contribution < 1.29 is 4.39 Å². The Morgan fingerprint density at radius 2 is 1.50 bits per heavy atom. The summed E-state index contributed by atoms with van der Waals surface area (Å²) in [6, 6.07) is 0. The zero-order valence-electron chi connectivity index (χ0n) is 6.22. The predicted molar refractivity (Wildman–Crippen MR) is 40.5 cm³/mol. The third-order valence-electron chi connectivity index (χ3n) is 1.29. The van der Waals surface area contributed by atoms with E-state index in [2.05, 4.69) is 0 Å². The molecule has 4 heteroatoms. The molecular formula is C6H16FN3. The van der Waals surface area contributed by atoms with E-state index in [-0.39, 0.29) is 6.67 Å². The van der Waals surface area contributed by atoms with Crippen LogP contribution in [0, 0.1) is 0 Å². The number of nitrogens with two attached hydrogens (primary N) is 2. The van der Waals surface area contributed by atoms with E-state index in [1.807, 2.05) is 4.90 Å². The van der Waals surface area contributed by atoms with Gasteiger partial charge in [0.25, 0.3) is 0 Å². The first-order chi connectivity index (χ1) is 4.85. The van der Waals surface area contributed by atoms with Gasteiger partial charge in [-0.1, -0.05) is 0 Å². The van der Waals surface area contributed by atoms with Crippen molar-refractivity contribution in [2.45, 2.75) is 0 Å². The lowest BCUT2D eigenvalue weighted by atomic mass is 10.4. The van der Waals surface area contributed by atoms with E-state index >= 15 is 0 Å². The van der Waals surface area contributed by atoms with Crippen LogP contribution in [-0.4, -0.2) is 44.3 Å². The molecule has 0 aliphatic carbocycles. The molecule has 3 nitrogen and oxygen atoms in total. The Hall–Kier alpha value is -0.190. The SMILES string of the molecule is NCCN(CCN)CCF. The van der Waals surface area contributed by atoms with Crippen molar-refractivity contribution in [3.8, 4) is 0 Å². The summed E-state index contributed by atoms with van der Waals surface area (Å²) in [6.07, 6.45) is 0. The van der Waals surface area contributed by atoms with Gasteiger partial charge in [-0.05, 0) is 0 Å². The van der Waals surface area contributed by atoms with Crippen molar-refractivity contribution in [2.24, 2.45) is 11.5 Å². The largest absolute Gasteiger partial charge is 0.329 e. The van der Waals surface area contributed by atoms with Crippen molar-refractivity contribution in [3.63, 3.8) is 0 Å². The summed E-state index contributed by atoms with van der Waals surface area (Å²) in [5.41, 5.74) is 10.6. The summed E-state index contributed by atoms with van der Waals surface area (Å²) >= 11 is 0. The Morgan fingerprint density at radius 3 is 1.80 bits per heavy atom. The highest BCUT2D eigenvalue weighted by Gasteiger charge is 1.99. The van der Waals surface area contributed by atoms with Crippen LogP contribution in [0.4, 0.5) is 4.39 Å². The zero-order valence-corrected chi connectivity index (χ0v) is 6.22. The molecule has 0 heterocycles. The molecule has 0 aromatic carbocycles. The van der Waals surface area contributed by atoms with Crippen LogP contribution in [0.3, 0.4) is 0 Å². The minimum atomic E-state index is -0.319. The molecular weight excluding hydrogens is 133 g/mol. The highest BCUT2D eigenvalue weighted by Crippen LogP contribution is 1.84. The van der Waals surface area contributed by atoms with Gasteiger partial charge in [0.1, 0.15) is 6.67 Å². The van der Waals surface area contributed by atoms with Crippen molar-refractivity contribution in [1.29, 1.82) is 0 Å². The first kappa shape index (κ1) is 9.81. The molecule has 0 aliphatic heterocycles. The first-order valence-electron chi connectivity index (χ1n) is 3.53. The van der Waals surface area contributed by atoms with Crippen LogP contribution in [0.25, 0.3) is 0 Å². The topological polar surface area (TPSA) is 55.3 Å². The maximum atomic E-state index is 11.8. The number of hydrogen-bond donors (Lipinski definition) is 2. The Kier molecular flexibility index (Phi) is 6.79. The lowest BCUT2D eigenvalue weighted by molar-refractivity contribution is 0.260. The summed E-state index contributed by atoms with van der Waals surface area (Å²) in [5.74, 6) is 0. The summed E-state index contributed by atoms with van der Waals surface area (Å²) in [7, 11) is 0. The third-order valence-corrected chi connectivity index (χ3v) is 1.29. The van der Waals surface area contributed by atoms with E-state index in [9.17, 15) is 4.39 Å². The molecule has 0 saturated heterocycles. The second kappa shape index (κ2) is 6.92. The number of alkyl halides is 1. The second-order valence-electron chi connectivity index (χ2n) is 2.11. The molecule has 62 valence electrons. The van der Waals surface area contributed by atoms with Crippen LogP contribution in [0.5, 0.6) is 0 Å². The molecule has 0 aromatic heterocycles. The maximum Gasteiger partial charge on any atom is 0.102 e. The molecule has 4 N–H and O–H groups in total. The van der Waals surface area contributed by atoms with E-state index in [0.29, 0.717) is 19.6 Å². The molecule has 0 spiro atoms. The zero-order chi connectivity index (χ0) is 7.82. The smallest absolute Gasteiger partial charge is 0.102 e. The normalized spacial score (nSPS) is 10.8. The minimum Gasteiger partial charge on any atom is -0.329 e. The van der Waals surface area contributed by atoms with Gasteiger partial charge in [0.15, 0.2) is 0 Å². The fourth-order valence-electron chi connectivity index (χ4n) is 0.820. The van der Waals surface area contributed by atoms with Crippen LogP contribution in [0.15, 0.2) is 0 Å². The average molecular weight is 149 g/mol. The Balaban J connectivity index is 3.30. The summed E-state index contributed by atoms with van der Waals surface area (Å²) in [5, 5.41) is 0. The molecule has 0 fully saturated rings. The van der Waals surface area contributed by atoms with Gasteiger partial charge in [-0.15, -0.1) is 0 Å². The highest BCUT2D eigenvalue weighted by atomic mass is 19.1. The molecule has 0 unspecified atom stereocenters. The standard InChI is InChI=1S/C6H16FN3/c7-1-4-10(5-2-8)6-3-9/h1-6,8-9H2. The Labute approximate surface area is 61.2 Å². The Bertz CT molecular complexity index is 55.7. The molecule has 0 aliphatic rings. The lowest BCUT2D eigenvalue weighted by Crippen LogP contribution is -2.35. The van der Waals surface area contributed by atoms with Gasteiger partial charge in [0.2, 0.25) is 0 Å². The first-order valence-corrected chi connectivity index (χ1v) is 3.53. The van der Waals surface area contributed by atoms with Gasteiger partial charge in [-0.3, -0.25) is 4.90 Å². The molecule has 0 bridgehead atoms. The fraction of sp³-hybridized carbons (Fsp3) is 1.00. The third kappa shape index (κ3) is 4.67. The average Bonchev–Trinajstić information content (AvgIpc) is 1.90. The number of halogens is 1. The van der Waals surface area contributed by atoms with Crippen molar-refractivity contribution in [3.05, 3.63) is 0 Å². The van der Waals surface area contributed by atoms with Gasteiger partial charge in [-0.25, -0.2) is 4.39 Å². The van der Waals surface area contributed by atoms with Gasteiger partial charge in [0, 0.05) is 32.7 Å². The number of hydrogen-bond acceptors (Lipinski definition) is 3. The van der Waals surface area contributed by atoms with E-state index in [0.717, 1.165) is 13.1 Å². The predicted octanol–water partition coefficient (Wildman–Crippen LogP) is -0.825. The van der Waals surface area contributed by atoms with Crippen molar-refractivity contribution >= 4 is 0 Å². The van der Waals surface area contributed by atoms with Crippen LogP contribution in [0.1, 0.15) is 0 Å². The van der Waals surface area contributed by atoms with Crippen molar-refractivity contribution in [1.82, 2.24) is 4.90 Å². The van der Waals surface area contributed by atoms with Crippen molar-refractivity contribution in [2.75, 3.05) is 39.4 Å². The molecule has 0 atom stereocenters. The molecule has 0 radical (unpaired) electrons. The fourth-order valence-corrected chi connectivity index (χ4v) is 0.820. The summed E-state index contributed by atoms with van der Waals surface area (Å²) in [6.45, 7) is 2.75. The van der Waals surface area contributed by atoms with E-state index in [1.54, 1.807) is 0 Å². The molecule has 0 aromatic rings. The number of rotatable bonds is 6. The lowest BCUT2D eigenvalue weighted by Gasteiger charge is -2.18. The molecule has 0 saturated carbocycles. The van der Waals surface area contributed by atoms with Crippen LogP contribution in [0.2, 0.25) is 0 Å². The van der Waals surface area contributed by atoms with E-state index in [4.69, 9.17) is 11.5 Å². The second-order valence-corrected chi connectivity index (χ2v) is 2.11. The highest BCUT2D eigenvalue weighted by molar-refractivity contribution is 4.57. The van der Waals surface area contributed by atoms with E-state index in [1.165, 1.54) is 0 Å². The molecule has 0 amide bonds. The molecule has 10 heavy (non-hydrogen) atoms. The Morgan fingerprint density at radius 1 is 1.00 bits per heavy atom. The van der Waals surface area contributed by atoms with Gasteiger partial charge < -0.3 is 11.5 Å². The minimum absolute atomic E-state index is 0.319. The summed E-state index contributed by atoms with van der Waals surface area (Å²) < 4.78 is 11.8.